The maximum atomic E-state index is 9.83. The molecule has 0 bridgehead atoms. The van der Waals surface area contributed by atoms with Gasteiger partial charge in [-0.15, -0.1) is 0 Å². The molecular formula is C12H14O2. The van der Waals surface area contributed by atoms with Gasteiger partial charge in [-0.05, 0) is 12.5 Å². The van der Waals surface area contributed by atoms with Crippen LogP contribution >= 0.6 is 0 Å². The first-order valence-electron chi connectivity index (χ1n) is 4.58. The van der Waals surface area contributed by atoms with E-state index in [9.17, 15) is 5.11 Å². The molecule has 2 N–H and O–H groups in total. The molecule has 0 amide bonds. The molecule has 0 spiro atoms. The molecule has 2 heteroatoms. The Morgan fingerprint density at radius 1 is 1.29 bits per heavy atom. The predicted octanol–water partition coefficient (Wildman–Crippen LogP) is 1.35. The Labute approximate surface area is 84.2 Å². The van der Waals surface area contributed by atoms with Crippen LogP contribution in [0.1, 0.15) is 18.6 Å². The molecule has 0 saturated carbocycles. The summed E-state index contributed by atoms with van der Waals surface area (Å²) in [6.07, 6.45) is -0.588. The van der Waals surface area contributed by atoms with Crippen molar-refractivity contribution >= 4 is 0 Å². The van der Waals surface area contributed by atoms with Crippen LogP contribution in [0.4, 0.5) is 0 Å². The van der Waals surface area contributed by atoms with Gasteiger partial charge in [-0.25, -0.2) is 0 Å². The molecule has 0 radical (unpaired) electrons. The molecular weight excluding hydrogens is 176 g/mol. The van der Waals surface area contributed by atoms with Crippen molar-refractivity contribution in [1.82, 2.24) is 0 Å². The molecule has 2 unspecified atom stereocenters. The lowest BCUT2D eigenvalue weighted by molar-refractivity contribution is 0.143. The molecule has 14 heavy (non-hydrogen) atoms. The lowest BCUT2D eigenvalue weighted by Crippen LogP contribution is -2.07. The molecule has 1 aromatic carbocycles. The van der Waals surface area contributed by atoms with E-state index in [2.05, 4.69) is 11.8 Å². The molecule has 1 rings (SSSR count). The predicted molar refractivity (Wildman–Crippen MR) is 55.4 cm³/mol. The summed E-state index contributed by atoms with van der Waals surface area (Å²) in [5.41, 5.74) is 0.854. The topological polar surface area (TPSA) is 40.5 Å². The van der Waals surface area contributed by atoms with Crippen LogP contribution in [-0.4, -0.2) is 16.8 Å². The van der Waals surface area contributed by atoms with Gasteiger partial charge in [-0.2, -0.15) is 0 Å². The second kappa shape index (κ2) is 5.43. The van der Waals surface area contributed by atoms with Gasteiger partial charge in [-0.3, -0.25) is 0 Å². The summed E-state index contributed by atoms with van der Waals surface area (Å²) < 4.78 is 0. The lowest BCUT2D eigenvalue weighted by Gasteiger charge is -2.13. The first kappa shape index (κ1) is 10.8. The monoisotopic (exact) mass is 190 g/mol. The fourth-order valence-electron chi connectivity index (χ4n) is 1.22. The van der Waals surface area contributed by atoms with E-state index < -0.39 is 6.10 Å². The van der Waals surface area contributed by atoms with Crippen molar-refractivity contribution in [3.63, 3.8) is 0 Å². The van der Waals surface area contributed by atoms with Gasteiger partial charge < -0.3 is 10.2 Å². The Morgan fingerprint density at radius 3 is 2.50 bits per heavy atom. The SMILES string of the molecule is CC(C#CCO)C(O)c1ccccc1. The molecule has 2 atom stereocenters. The van der Waals surface area contributed by atoms with Crippen molar-refractivity contribution in [1.29, 1.82) is 0 Å². The summed E-state index contributed by atoms with van der Waals surface area (Å²) in [6.45, 7) is 1.67. The smallest absolute Gasteiger partial charge is 0.104 e. The molecule has 74 valence electrons. The third-order valence-electron chi connectivity index (χ3n) is 2.02. The van der Waals surface area contributed by atoms with Crippen LogP contribution in [0.5, 0.6) is 0 Å². The number of hydrogen-bond acceptors (Lipinski definition) is 2. The highest BCUT2D eigenvalue weighted by Crippen LogP contribution is 2.20. The third kappa shape index (κ3) is 2.88. The fourth-order valence-corrected chi connectivity index (χ4v) is 1.22. The Bertz CT molecular complexity index is 321. The molecule has 0 aliphatic heterocycles. The molecule has 0 heterocycles. The fraction of sp³-hybridized carbons (Fsp3) is 0.333. The first-order valence-corrected chi connectivity index (χ1v) is 4.58. The van der Waals surface area contributed by atoms with E-state index >= 15 is 0 Å². The maximum absolute atomic E-state index is 9.83. The highest BCUT2D eigenvalue weighted by atomic mass is 16.3. The van der Waals surface area contributed by atoms with Crippen LogP contribution in [-0.2, 0) is 0 Å². The molecule has 0 fully saturated rings. The molecule has 0 aliphatic carbocycles. The van der Waals surface area contributed by atoms with Crippen LogP contribution in [0.15, 0.2) is 30.3 Å². The number of aliphatic hydroxyl groups excluding tert-OH is 2. The zero-order chi connectivity index (χ0) is 10.4. The highest BCUT2D eigenvalue weighted by Gasteiger charge is 2.12. The van der Waals surface area contributed by atoms with Crippen molar-refractivity contribution in [3.05, 3.63) is 35.9 Å². The largest absolute Gasteiger partial charge is 0.387 e. The van der Waals surface area contributed by atoms with Gasteiger partial charge in [0.05, 0.1) is 6.10 Å². The zero-order valence-electron chi connectivity index (χ0n) is 8.14. The Morgan fingerprint density at radius 2 is 1.93 bits per heavy atom. The van der Waals surface area contributed by atoms with Crippen molar-refractivity contribution in [2.45, 2.75) is 13.0 Å². The highest BCUT2D eigenvalue weighted by molar-refractivity contribution is 5.20. The summed E-state index contributed by atoms with van der Waals surface area (Å²) in [4.78, 5) is 0. The normalized spacial score (nSPS) is 13.9. The van der Waals surface area contributed by atoms with Crippen LogP contribution in [0, 0.1) is 17.8 Å². The van der Waals surface area contributed by atoms with Crippen LogP contribution in [0.3, 0.4) is 0 Å². The van der Waals surface area contributed by atoms with E-state index in [1.807, 2.05) is 37.3 Å². The number of aliphatic hydroxyl groups is 2. The van der Waals surface area contributed by atoms with Gasteiger partial charge in [0.15, 0.2) is 0 Å². The average Bonchev–Trinajstić information content (AvgIpc) is 2.26. The van der Waals surface area contributed by atoms with Crippen LogP contribution in [0.25, 0.3) is 0 Å². The standard InChI is InChI=1S/C12H14O2/c1-10(6-5-9-13)12(14)11-7-3-2-4-8-11/h2-4,7-8,10,12-14H,9H2,1H3. The lowest BCUT2D eigenvalue weighted by atomic mass is 9.98. The molecule has 0 saturated heterocycles. The van der Waals surface area contributed by atoms with E-state index in [1.54, 1.807) is 0 Å². The first-order chi connectivity index (χ1) is 6.75. The quantitative estimate of drug-likeness (QED) is 0.691. The third-order valence-corrected chi connectivity index (χ3v) is 2.02. The summed E-state index contributed by atoms with van der Waals surface area (Å²) >= 11 is 0. The Hall–Kier alpha value is -1.30. The Balaban J connectivity index is 2.70. The number of hydrogen-bond donors (Lipinski definition) is 2. The number of benzene rings is 1. The van der Waals surface area contributed by atoms with Gasteiger partial charge in [-0.1, -0.05) is 42.2 Å². The van der Waals surface area contributed by atoms with Crippen molar-refractivity contribution in [2.24, 2.45) is 5.92 Å². The van der Waals surface area contributed by atoms with Gasteiger partial charge in [0, 0.05) is 5.92 Å². The zero-order valence-corrected chi connectivity index (χ0v) is 8.14. The minimum absolute atomic E-state index is 0.161. The van der Waals surface area contributed by atoms with Gasteiger partial charge in [0.1, 0.15) is 6.61 Å². The van der Waals surface area contributed by atoms with Crippen molar-refractivity contribution in [3.8, 4) is 11.8 Å². The van der Waals surface area contributed by atoms with E-state index in [-0.39, 0.29) is 12.5 Å². The number of rotatable bonds is 2. The summed E-state index contributed by atoms with van der Waals surface area (Å²) in [6, 6.07) is 9.39. The summed E-state index contributed by atoms with van der Waals surface area (Å²) in [5.74, 6) is 5.16. The summed E-state index contributed by atoms with van der Waals surface area (Å²) in [5, 5.41) is 18.3. The van der Waals surface area contributed by atoms with E-state index in [0.717, 1.165) is 5.56 Å². The van der Waals surface area contributed by atoms with Crippen LogP contribution < -0.4 is 0 Å². The van der Waals surface area contributed by atoms with Crippen LogP contribution in [0.2, 0.25) is 0 Å². The van der Waals surface area contributed by atoms with Gasteiger partial charge >= 0.3 is 0 Å². The summed E-state index contributed by atoms with van der Waals surface area (Å²) in [7, 11) is 0. The average molecular weight is 190 g/mol. The minimum Gasteiger partial charge on any atom is -0.387 e. The molecule has 0 aliphatic rings. The van der Waals surface area contributed by atoms with E-state index in [1.165, 1.54) is 0 Å². The second-order valence-electron chi connectivity index (χ2n) is 3.12. The van der Waals surface area contributed by atoms with Gasteiger partial charge in [0.2, 0.25) is 0 Å². The van der Waals surface area contributed by atoms with E-state index in [0.29, 0.717) is 0 Å². The van der Waals surface area contributed by atoms with Crippen molar-refractivity contribution < 1.29 is 10.2 Å². The minimum atomic E-state index is -0.588. The van der Waals surface area contributed by atoms with Gasteiger partial charge in [0.25, 0.3) is 0 Å². The van der Waals surface area contributed by atoms with Crippen molar-refractivity contribution in [2.75, 3.05) is 6.61 Å². The Kier molecular flexibility index (Phi) is 4.18. The second-order valence-corrected chi connectivity index (χ2v) is 3.12. The molecule has 2 nitrogen and oxygen atoms in total. The molecule has 1 aromatic rings. The maximum Gasteiger partial charge on any atom is 0.104 e. The van der Waals surface area contributed by atoms with E-state index in [4.69, 9.17) is 5.11 Å². The molecule has 0 aromatic heterocycles.